The highest BCUT2D eigenvalue weighted by atomic mass is 16.5. The highest BCUT2D eigenvalue weighted by molar-refractivity contribution is 5.55. The number of aromatic nitrogens is 5. The summed E-state index contributed by atoms with van der Waals surface area (Å²) in [4.78, 5) is 9.50. The topological polar surface area (TPSA) is 137 Å². The van der Waals surface area contributed by atoms with E-state index >= 15 is 0 Å². The Morgan fingerprint density at radius 3 is 2.79 bits per heavy atom. The molecule has 0 amide bonds. The van der Waals surface area contributed by atoms with Gasteiger partial charge in [-0.2, -0.15) is 10.1 Å². The smallest absolute Gasteiger partial charge is 0.225 e. The number of anilines is 3. The van der Waals surface area contributed by atoms with E-state index in [1.807, 2.05) is 12.1 Å². The minimum atomic E-state index is 0.105. The van der Waals surface area contributed by atoms with Gasteiger partial charge in [-0.3, -0.25) is 5.10 Å². The van der Waals surface area contributed by atoms with Gasteiger partial charge in [0.25, 0.3) is 0 Å². The molecule has 2 aliphatic rings. The Balaban J connectivity index is 1.35. The molecule has 1 saturated carbocycles. The van der Waals surface area contributed by atoms with Gasteiger partial charge in [-0.25, -0.2) is 4.98 Å². The Kier molecular flexibility index (Phi) is 6.77. The van der Waals surface area contributed by atoms with Crippen LogP contribution in [0, 0.1) is 5.92 Å². The maximum Gasteiger partial charge on any atom is 0.225 e. The van der Waals surface area contributed by atoms with Gasteiger partial charge in [0, 0.05) is 36.4 Å². The number of nitrogens with one attached hydrogen (secondary N) is 4. The van der Waals surface area contributed by atoms with Crippen LogP contribution in [0.2, 0.25) is 0 Å². The number of piperidine rings is 1. The largest absolute Gasteiger partial charge is 0.396 e. The zero-order valence-electron chi connectivity index (χ0n) is 19.8. The van der Waals surface area contributed by atoms with Crippen LogP contribution in [0.5, 0.6) is 0 Å². The molecule has 0 spiro atoms. The predicted molar refractivity (Wildman–Crippen MR) is 129 cm³/mol. The van der Waals surface area contributed by atoms with Crippen molar-refractivity contribution in [2.45, 2.75) is 70.4 Å². The molecule has 5 N–H and O–H groups in total. The molecule has 2 fully saturated rings. The van der Waals surface area contributed by atoms with Gasteiger partial charge in [-0.1, -0.05) is 19.0 Å². The molecule has 1 aliphatic carbocycles. The third-order valence-electron chi connectivity index (χ3n) is 6.61. The lowest BCUT2D eigenvalue weighted by Gasteiger charge is -2.30. The molecular weight excluding hydrogens is 432 g/mol. The zero-order chi connectivity index (χ0) is 23.5. The molecular formula is C24H34N8O2. The molecule has 34 heavy (non-hydrogen) atoms. The van der Waals surface area contributed by atoms with Gasteiger partial charge in [0.1, 0.15) is 5.82 Å². The van der Waals surface area contributed by atoms with Gasteiger partial charge in [-0.15, -0.1) is 0 Å². The van der Waals surface area contributed by atoms with E-state index in [-0.39, 0.29) is 12.6 Å². The van der Waals surface area contributed by atoms with Gasteiger partial charge < -0.3 is 25.6 Å². The lowest BCUT2D eigenvalue weighted by Crippen LogP contribution is -2.33. The average Bonchev–Trinajstić information content (AvgIpc) is 3.38. The predicted octanol–water partition coefficient (Wildman–Crippen LogP) is 3.97. The van der Waals surface area contributed by atoms with E-state index in [0.29, 0.717) is 36.1 Å². The first-order chi connectivity index (χ1) is 16.6. The molecule has 10 heteroatoms. The molecule has 5 rings (SSSR count). The summed E-state index contributed by atoms with van der Waals surface area (Å²) in [5, 5.41) is 31.3. The molecule has 2 unspecified atom stereocenters. The normalized spacial score (nSPS) is 20.6. The lowest BCUT2D eigenvalue weighted by atomic mass is 9.88. The van der Waals surface area contributed by atoms with Crippen LogP contribution in [-0.2, 0) is 6.54 Å². The van der Waals surface area contributed by atoms with Crippen molar-refractivity contribution in [3.63, 3.8) is 0 Å². The average molecular weight is 467 g/mol. The second kappa shape index (κ2) is 10.1. The number of aliphatic hydroxyl groups is 1. The summed E-state index contributed by atoms with van der Waals surface area (Å²) in [6.07, 6.45) is 5.26. The molecule has 3 aromatic rings. The molecule has 1 saturated heterocycles. The highest BCUT2D eigenvalue weighted by Crippen LogP contribution is 2.39. The van der Waals surface area contributed by atoms with Crippen molar-refractivity contribution in [3.8, 4) is 0 Å². The van der Waals surface area contributed by atoms with Crippen LogP contribution in [0.1, 0.15) is 86.7 Å². The Bertz CT molecular complexity index is 1090. The lowest BCUT2D eigenvalue weighted by molar-refractivity contribution is 0.215. The second-order valence-electron chi connectivity index (χ2n) is 9.75. The summed E-state index contributed by atoms with van der Waals surface area (Å²) in [6.45, 7) is 5.75. The van der Waals surface area contributed by atoms with E-state index in [4.69, 9.17) is 9.51 Å². The first kappa shape index (κ1) is 22.8. The van der Waals surface area contributed by atoms with E-state index in [1.54, 1.807) is 0 Å². The van der Waals surface area contributed by atoms with Crippen LogP contribution in [0.25, 0.3) is 0 Å². The Labute approximate surface area is 199 Å². The third kappa shape index (κ3) is 5.56. The molecule has 3 aromatic heterocycles. The number of nitrogens with zero attached hydrogens (tertiary/aromatic N) is 4. The summed E-state index contributed by atoms with van der Waals surface area (Å²) in [7, 11) is 0. The van der Waals surface area contributed by atoms with Crippen molar-refractivity contribution in [2.24, 2.45) is 5.92 Å². The summed E-state index contributed by atoms with van der Waals surface area (Å²) >= 11 is 0. The number of hydrogen-bond acceptors (Lipinski definition) is 9. The summed E-state index contributed by atoms with van der Waals surface area (Å²) in [5.41, 5.74) is 3.02. The first-order valence-corrected chi connectivity index (χ1v) is 12.3. The minimum absolute atomic E-state index is 0.105. The maximum atomic E-state index is 9.40. The van der Waals surface area contributed by atoms with Crippen molar-refractivity contribution >= 4 is 17.6 Å². The van der Waals surface area contributed by atoms with Crippen molar-refractivity contribution in [1.82, 2.24) is 30.6 Å². The molecule has 4 heterocycles. The Morgan fingerprint density at radius 1 is 1.15 bits per heavy atom. The van der Waals surface area contributed by atoms with Gasteiger partial charge >= 0.3 is 0 Å². The molecule has 0 bridgehead atoms. The highest BCUT2D eigenvalue weighted by Gasteiger charge is 2.26. The van der Waals surface area contributed by atoms with E-state index in [0.717, 1.165) is 48.8 Å². The summed E-state index contributed by atoms with van der Waals surface area (Å²) in [5.74, 6) is 4.10. The minimum Gasteiger partial charge on any atom is -0.396 e. The molecule has 0 radical (unpaired) electrons. The van der Waals surface area contributed by atoms with Crippen molar-refractivity contribution < 1.29 is 9.63 Å². The fourth-order valence-corrected chi connectivity index (χ4v) is 4.44. The van der Waals surface area contributed by atoms with Crippen LogP contribution < -0.4 is 16.0 Å². The SMILES string of the molecule is CC(C)c1cc(CNc2nc(Nc3cc(C4CC4)[nH]n3)cc(C3CC(CCO)CCN3)n2)on1. The van der Waals surface area contributed by atoms with E-state index < -0.39 is 0 Å². The van der Waals surface area contributed by atoms with E-state index in [9.17, 15) is 5.11 Å². The standard InChI is InChI=1S/C24H34N8O2/c1-14(2)18-10-17(34-32-18)13-26-24-27-21(20-9-15(6-8-33)5-7-25-20)12-22(29-24)28-23-11-19(30-31-23)16-3-4-16/h10-12,14-16,20,25,33H,3-9,13H2,1-2H3,(H3,26,27,28,29,30,31). The van der Waals surface area contributed by atoms with E-state index in [2.05, 4.69) is 56.2 Å². The second-order valence-corrected chi connectivity index (χ2v) is 9.75. The van der Waals surface area contributed by atoms with Crippen molar-refractivity contribution in [2.75, 3.05) is 23.8 Å². The zero-order valence-corrected chi connectivity index (χ0v) is 19.8. The fraction of sp³-hybridized carbons (Fsp3) is 0.583. The quantitative estimate of drug-likeness (QED) is 0.300. The molecule has 182 valence electrons. The van der Waals surface area contributed by atoms with Crippen molar-refractivity contribution in [3.05, 3.63) is 41.0 Å². The van der Waals surface area contributed by atoms with Crippen molar-refractivity contribution in [1.29, 1.82) is 0 Å². The van der Waals surface area contributed by atoms with Gasteiger partial charge in [0.05, 0.1) is 24.0 Å². The first-order valence-electron chi connectivity index (χ1n) is 12.3. The molecule has 1 aliphatic heterocycles. The van der Waals surface area contributed by atoms with Crippen LogP contribution in [0.3, 0.4) is 0 Å². The van der Waals surface area contributed by atoms with Crippen LogP contribution in [-0.4, -0.2) is 43.6 Å². The van der Waals surface area contributed by atoms with Crippen LogP contribution in [0.4, 0.5) is 17.6 Å². The summed E-state index contributed by atoms with van der Waals surface area (Å²) in [6, 6.07) is 6.12. The maximum absolute atomic E-state index is 9.40. The molecule has 10 nitrogen and oxygen atoms in total. The van der Waals surface area contributed by atoms with Crippen LogP contribution >= 0.6 is 0 Å². The number of H-pyrrole nitrogens is 1. The number of aliphatic hydroxyl groups excluding tert-OH is 1. The van der Waals surface area contributed by atoms with Crippen LogP contribution in [0.15, 0.2) is 22.7 Å². The fourth-order valence-electron chi connectivity index (χ4n) is 4.44. The molecule has 2 atom stereocenters. The van der Waals surface area contributed by atoms with Gasteiger partial charge in [0.15, 0.2) is 11.6 Å². The number of aromatic amines is 1. The number of hydrogen-bond donors (Lipinski definition) is 5. The Hall–Kier alpha value is -2.98. The summed E-state index contributed by atoms with van der Waals surface area (Å²) < 4.78 is 5.46. The van der Waals surface area contributed by atoms with Gasteiger partial charge in [-0.05, 0) is 50.5 Å². The van der Waals surface area contributed by atoms with E-state index in [1.165, 1.54) is 18.5 Å². The third-order valence-corrected chi connectivity index (χ3v) is 6.61. The molecule has 0 aromatic carbocycles. The van der Waals surface area contributed by atoms with Gasteiger partial charge in [0.2, 0.25) is 5.95 Å². The Morgan fingerprint density at radius 2 is 2.03 bits per heavy atom. The number of rotatable bonds is 10. The monoisotopic (exact) mass is 466 g/mol.